The summed E-state index contributed by atoms with van der Waals surface area (Å²) < 4.78 is 13.2. The second-order valence-corrected chi connectivity index (χ2v) is 2.55. The van der Waals surface area contributed by atoms with Crippen LogP contribution in [0.1, 0.15) is 18.9 Å². The van der Waals surface area contributed by atoms with Crippen LogP contribution in [0.4, 0.5) is 4.39 Å². The summed E-state index contributed by atoms with van der Waals surface area (Å²) in [5.41, 5.74) is 1.13. The molecule has 0 spiro atoms. The van der Waals surface area contributed by atoms with E-state index in [9.17, 15) is 4.39 Å². The van der Waals surface area contributed by atoms with Crippen LogP contribution in [0, 0.1) is 5.82 Å². The molecule has 1 aromatic rings. The number of hydrogen-bond acceptors (Lipinski definition) is 2. The number of nitrogens with zero attached hydrogens (tertiary/aromatic N) is 1. The summed E-state index contributed by atoms with van der Waals surface area (Å²) in [4.78, 5) is 4.63. The minimum absolute atomic E-state index is 0.264. The Bertz CT molecular complexity index is 310. The SMILES string of the molecule is CC/C(=N\OC)c1ccccc1F. The van der Waals surface area contributed by atoms with E-state index < -0.39 is 0 Å². The van der Waals surface area contributed by atoms with Crippen molar-refractivity contribution >= 4 is 5.71 Å². The van der Waals surface area contributed by atoms with Gasteiger partial charge in [-0.3, -0.25) is 0 Å². The standard InChI is InChI=1S/C10H12FNO/c1-3-10(12-13-2)8-6-4-5-7-9(8)11/h4-7H,3H2,1-2H3/b12-10+. The Hall–Kier alpha value is -1.38. The van der Waals surface area contributed by atoms with Gasteiger partial charge < -0.3 is 4.84 Å². The van der Waals surface area contributed by atoms with Gasteiger partial charge in [0.05, 0.1) is 5.71 Å². The van der Waals surface area contributed by atoms with Gasteiger partial charge in [-0.15, -0.1) is 0 Å². The number of oxime groups is 1. The predicted molar refractivity (Wildman–Crippen MR) is 50.2 cm³/mol. The van der Waals surface area contributed by atoms with Crippen molar-refractivity contribution < 1.29 is 9.23 Å². The number of halogens is 1. The lowest BCUT2D eigenvalue weighted by molar-refractivity contribution is 0.213. The first kappa shape index (κ1) is 9.71. The quantitative estimate of drug-likeness (QED) is 0.518. The Morgan fingerprint density at radius 1 is 1.46 bits per heavy atom. The zero-order valence-electron chi connectivity index (χ0n) is 7.75. The first-order chi connectivity index (χ1) is 6.29. The van der Waals surface area contributed by atoms with E-state index in [1.54, 1.807) is 18.2 Å². The minimum Gasteiger partial charge on any atom is -0.399 e. The van der Waals surface area contributed by atoms with E-state index in [-0.39, 0.29) is 5.82 Å². The van der Waals surface area contributed by atoms with Crippen LogP contribution in [0.3, 0.4) is 0 Å². The van der Waals surface area contributed by atoms with Crippen LogP contribution >= 0.6 is 0 Å². The van der Waals surface area contributed by atoms with E-state index in [1.165, 1.54) is 13.2 Å². The summed E-state index contributed by atoms with van der Waals surface area (Å²) in [6.07, 6.45) is 0.648. The molecule has 0 atom stereocenters. The minimum atomic E-state index is -0.264. The molecule has 70 valence electrons. The van der Waals surface area contributed by atoms with Crippen molar-refractivity contribution in [2.24, 2.45) is 5.16 Å². The Balaban J connectivity index is 3.05. The van der Waals surface area contributed by atoms with Gasteiger partial charge >= 0.3 is 0 Å². The Kier molecular flexibility index (Phi) is 3.43. The van der Waals surface area contributed by atoms with Crippen molar-refractivity contribution in [3.63, 3.8) is 0 Å². The van der Waals surface area contributed by atoms with E-state index in [2.05, 4.69) is 9.99 Å². The fraction of sp³-hybridized carbons (Fsp3) is 0.300. The van der Waals surface area contributed by atoms with Gasteiger partial charge in [-0.1, -0.05) is 30.3 Å². The molecule has 0 bridgehead atoms. The molecule has 13 heavy (non-hydrogen) atoms. The van der Waals surface area contributed by atoms with Gasteiger partial charge in [0.1, 0.15) is 12.9 Å². The van der Waals surface area contributed by atoms with Crippen molar-refractivity contribution in [3.05, 3.63) is 35.6 Å². The molecule has 0 unspecified atom stereocenters. The van der Waals surface area contributed by atoms with Crippen molar-refractivity contribution in [2.45, 2.75) is 13.3 Å². The van der Waals surface area contributed by atoms with Gasteiger partial charge in [0.15, 0.2) is 0 Å². The smallest absolute Gasteiger partial charge is 0.132 e. The fourth-order valence-corrected chi connectivity index (χ4v) is 1.11. The van der Waals surface area contributed by atoms with Crippen LogP contribution in [0.5, 0.6) is 0 Å². The molecule has 0 saturated carbocycles. The molecule has 0 aliphatic carbocycles. The van der Waals surface area contributed by atoms with Gasteiger partial charge in [-0.25, -0.2) is 4.39 Å². The van der Waals surface area contributed by atoms with Gasteiger partial charge in [-0.2, -0.15) is 0 Å². The van der Waals surface area contributed by atoms with Crippen LogP contribution in [0.2, 0.25) is 0 Å². The Labute approximate surface area is 77.0 Å². The highest BCUT2D eigenvalue weighted by Gasteiger charge is 2.06. The highest BCUT2D eigenvalue weighted by molar-refractivity contribution is 6.00. The third-order valence-electron chi connectivity index (χ3n) is 1.72. The Morgan fingerprint density at radius 3 is 2.69 bits per heavy atom. The normalized spacial score (nSPS) is 11.5. The molecule has 0 N–H and O–H groups in total. The van der Waals surface area contributed by atoms with Crippen molar-refractivity contribution in [2.75, 3.05) is 7.11 Å². The van der Waals surface area contributed by atoms with Gasteiger partial charge in [0.2, 0.25) is 0 Å². The lowest BCUT2D eigenvalue weighted by Crippen LogP contribution is -2.02. The molecule has 2 nitrogen and oxygen atoms in total. The summed E-state index contributed by atoms with van der Waals surface area (Å²) in [6.45, 7) is 1.91. The third-order valence-corrected chi connectivity index (χ3v) is 1.72. The maximum atomic E-state index is 13.2. The lowest BCUT2D eigenvalue weighted by Gasteiger charge is -2.03. The molecule has 0 radical (unpaired) electrons. The topological polar surface area (TPSA) is 21.6 Å². The summed E-state index contributed by atoms with van der Waals surface area (Å²) in [6, 6.07) is 6.53. The maximum absolute atomic E-state index is 13.2. The van der Waals surface area contributed by atoms with Gasteiger partial charge in [0, 0.05) is 5.56 Å². The predicted octanol–water partition coefficient (Wildman–Crippen LogP) is 2.59. The summed E-state index contributed by atoms with van der Waals surface area (Å²) in [7, 11) is 1.45. The molecule has 0 saturated heterocycles. The zero-order valence-corrected chi connectivity index (χ0v) is 7.75. The van der Waals surface area contributed by atoms with Crippen molar-refractivity contribution in [1.29, 1.82) is 0 Å². The molecule has 0 amide bonds. The van der Waals surface area contributed by atoms with Crippen LogP contribution in [-0.4, -0.2) is 12.8 Å². The average Bonchev–Trinajstić information content (AvgIpc) is 2.16. The van der Waals surface area contributed by atoms with Crippen molar-refractivity contribution in [3.8, 4) is 0 Å². The Morgan fingerprint density at radius 2 is 2.15 bits per heavy atom. The highest BCUT2D eigenvalue weighted by Crippen LogP contribution is 2.09. The lowest BCUT2D eigenvalue weighted by atomic mass is 10.1. The van der Waals surface area contributed by atoms with Gasteiger partial charge in [0.25, 0.3) is 0 Å². The molecule has 1 aromatic carbocycles. The fourth-order valence-electron chi connectivity index (χ4n) is 1.11. The second-order valence-electron chi connectivity index (χ2n) is 2.55. The maximum Gasteiger partial charge on any atom is 0.132 e. The number of rotatable bonds is 3. The molecule has 3 heteroatoms. The van der Waals surface area contributed by atoms with Crippen molar-refractivity contribution in [1.82, 2.24) is 0 Å². The van der Waals surface area contributed by atoms with E-state index >= 15 is 0 Å². The van der Waals surface area contributed by atoms with E-state index in [4.69, 9.17) is 0 Å². The molecule has 0 aliphatic heterocycles. The molecule has 1 rings (SSSR count). The molecule has 0 heterocycles. The monoisotopic (exact) mass is 181 g/mol. The van der Waals surface area contributed by atoms with E-state index in [1.807, 2.05) is 6.92 Å². The summed E-state index contributed by atoms with van der Waals surface area (Å²) in [5.74, 6) is -0.264. The first-order valence-corrected chi connectivity index (χ1v) is 4.14. The number of hydrogen-bond donors (Lipinski definition) is 0. The molecular formula is C10H12FNO. The zero-order chi connectivity index (χ0) is 9.68. The summed E-state index contributed by atoms with van der Waals surface area (Å²) >= 11 is 0. The van der Waals surface area contributed by atoms with Crippen LogP contribution < -0.4 is 0 Å². The third kappa shape index (κ3) is 2.28. The molecule has 0 fully saturated rings. The largest absolute Gasteiger partial charge is 0.399 e. The first-order valence-electron chi connectivity index (χ1n) is 4.14. The van der Waals surface area contributed by atoms with E-state index in [0.717, 1.165) is 0 Å². The van der Waals surface area contributed by atoms with Crippen LogP contribution in [0.25, 0.3) is 0 Å². The average molecular weight is 181 g/mol. The van der Waals surface area contributed by atoms with Gasteiger partial charge in [-0.05, 0) is 12.5 Å². The van der Waals surface area contributed by atoms with Crippen LogP contribution in [0.15, 0.2) is 29.4 Å². The highest BCUT2D eigenvalue weighted by atomic mass is 19.1. The molecule has 0 aliphatic rings. The van der Waals surface area contributed by atoms with E-state index in [0.29, 0.717) is 17.7 Å². The summed E-state index contributed by atoms with van der Waals surface area (Å²) in [5, 5.41) is 3.75. The molecular weight excluding hydrogens is 169 g/mol. The van der Waals surface area contributed by atoms with Crippen LogP contribution in [-0.2, 0) is 4.84 Å². The molecule has 0 aromatic heterocycles. The second kappa shape index (κ2) is 4.60. The number of benzene rings is 1.